The van der Waals surface area contributed by atoms with Crippen LogP contribution in [0.1, 0.15) is 16.4 Å². The molecule has 2 nitrogen and oxygen atoms in total. The zero-order chi connectivity index (χ0) is 10.1. The van der Waals surface area contributed by atoms with Gasteiger partial charge in [-0.2, -0.15) is 11.8 Å². The van der Waals surface area contributed by atoms with Gasteiger partial charge in [-0.15, -0.1) is 0 Å². The third-order valence-electron chi connectivity index (χ3n) is 2.55. The van der Waals surface area contributed by atoms with Gasteiger partial charge in [-0.1, -0.05) is 17.7 Å². The van der Waals surface area contributed by atoms with Crippen LogP contribution in [0.5, 0.6) is 5.75 Å². The Bertz CT molecular complexity index is 340. The maximum Gasteiger partial charge on any atom is 0.123 e. The number of benzene rings is 1. The molecule has 3 heteroatoms. The molecule has 1 aliphatic rings. The number of hydrogen-bond donors (Lipinski definition) is 1. The SMILES string of the molecule is COc1ccc(C)cc1C1SCC1N. The van der Waals surface area contributed by atoms with Crippen molar-refractivity contribution in [2.45, 2.75) is 18.2 Å². The Kier molecular flexibility index (Phi) is 2.70. The van der Waals surface area contributed by atoms with Crippen LogP contribution in [0.15, 0.2) is 18.2 Å². The molecule has 0 spiro atoms. The van der Waals surface area contributed by atoms with E-state index >= 15 is 0 Å². The second-order valence-corrected chi connectivity index (χ2v) is 4.84. The van der Waals surface area contributed by atoms with Crippen molar-refractivity contribution in [3.8, 4) is 5.75 Å². The minimum Gasteiger partial charge on any atom is -0.496 e. The van der Waals surface area contributed by atoms with E-state index in [1.165, 1.54) is 11.1 Å². The lowest BCUT2D eigenvalue weighted by Gasteiger charge is -2.34. The van der Waals surface area contributed by atoms with Crippen molar-refractivity contribution >= 4 is 11.8 Å². The van der Waals surface area contributed by atoms with Crippen molar-refractivity contribution in [2.75, 3.05) is 12.9 Å². The van der Waals surface area contributed by atoms with Crippen LogP contribution < -0.4 is 10.5 Å². The number of thioether (sulfide) groups is 1. The summed E-state index contributed by atoms with van der Waals surface area (Å²) in [5.41, 5.74) is 8.46. The van der Waals surface area contributed by atoms with Gasteiger partial charge in [0.15, 0.2) is 0 Å². The highest BCUT2D eigenvalue weighted by Gasteiger charge is 2.31. The molecule has 0 aromatic heterocycles. The predicted molar refractivity (Wildman–Crippen MR) is 60.9 cm³/mol. The highest BCUT2D eigenvalue weighted by Crippen LogP contribution is 2.45. The van der Waals surface area contributed by atoms with Crippen molar-refractivity contribution in [3.63, 3.8) is 0 Å². The molecule has 2 unspecified atom stereocenters. The number of nitrogens with two attached hydrogens (primary N) is 1. The molecule has 14 heavy (non-hydrogen) atoms. The third-order valence-corrected chi connectivity index (χ3v) is 4.09. The molecule has 0 saturated carbocycles. The van der Waals surface area contributed by atoms with Gasteiger partial charge >= 0.3 is 0 Å². The minimum absolute atomic E-state index is 0.288. The van der Waals surface area contributed by atoms with E-state index in [9.17, 15) is 0 Å². The number of ether oxygens (including phenoxy) is 1. The third kappa shape index (κ3) is 1.62. The average molecular weight is 209 g/mol. The van der Waals surface area contributed by atoms with Crippen LogP contribution in [0, 0.1) is 6.92 Å². The topological polar surface area (TPSA) is 35.2 Å². The summed E-state index contributed by atoms with van der Waals surface area (Å²) in [5, 5.41) is 0.421. The van der Waals surface area contributed by atoms with Gasteiger partial charge in [0.1, 0.15) is 5.75 Å². The van der Waals surface area contributed by atoms with E-state index in [2.05, 4.69) is 19.1 Å². The zero-order valence-electron chi connectivity index (χ0n) is 8.49. The van der Waals surface area contributed by atoms with E-state index in [1.807, 2.05) is 17.8 Å². The van der Waals surface area contributed by atoms with Crippen LogP contribution in [-0.4, -0.2) is 18.9 Å². The van der Waals surface area contributed by atoms with Gasteiger partial charge in [-0.3, -0.25) is 0 Å². The molecule has 2 atom stereocenters. The first-order chi connectivity index (χ1) is 6.72. The van der Waals surface area contributed by atoms with Gasteiger partial charge in [0.25, 0.3) is 0 Å². The maximum absolute atomic E-state index is 5.95. The maximum atomic E-state index is 5.95. The van der Waals surface area contributed by atoms with Gasteiger partial charge in [0, 0.05) is 22.6 Å². The Balaban J connectivity index is 2.34. The molecular weight excluding hydrogens is 194 g/mol. The number of rotatable bonds is 2. The smallest absolute Gasteiger partial charge is 0.123 e. The molecule has 0 aliphatic carbocycles. The van der Waals surface area contributed by atoms with Gasteiger partial charge in [-0.25, -0.2) is 0 Å². The first kappa shape index (κ1) is 9.87. The number of aryl methyl sites for hydroxylation is 1. The molecule has 1 aromatic carbocycles. The highest BCUT2D eigenvalue weighted by molar-refractivity contribution is 8.01. The largest absolute Gasteiger partial charge is 0.496 e. The quantitative estimate of drug-likeness (QED) is 0.810. The summed E-state index contributed by atoms with van der Waals surface area (Å²) in [6.07, 6.45) is 0. The standard InChI is InChI=1S/C11H15NOS/c1-7-3-4-10(13-2)8(5-7)11-9(12)6-14-11/h3-5,9,11H,6,12H2,1-2H3. The zero-order valence-corrected chi connectivity index (χ0v) is 9.30. The summed E-state index contributed by atoms with van der Waals surface area (Å²) >= 11 is 1.90. The Morgan fingerprint density at radius 3 is 2.79 bits per heavy atom. The normalized spacial score (nSPS) is 25.6. The molecule has 2 N–H and O–H groups in total. The second kappa shape index (κ2) is 3.83. The van der Waals surface area contributed by atoms with Gasteiger partial charge in [-0.05, 0) is 13.0 Å². The summed E-state index contributed by atoms with van der Waals surface area (Å²) in [5.74, 6) is 2.02. The van der Waals surface area contributed by atoms with E-state index in [0.717, 1.165) is 11.5 Å². The Morgan fingerprint density at radius 2 is 2.29 bits per heavy atom. The first-order valence-electron chi connectivity index (χ1n) is 4.74. The van der Waals surface area contributed by atoms with E-state index in [1.54, 1.807) is 7.11 Å². The summed E-state index contributed by atoms with van der Waals surface area (Å²) in [6.45, 7) is 2.10. The van der Waals surface area contributed by atoms with Crippen molar-refractivity contribution < 1.29 is 4.74 Å². The Morgan fingerprint density at radius 1 is 1.50 bits per heavy atom. The summed E-state index contributed by atoms with van der Waals surface area (Å²) in [4.78, 5) is 0. The molecule has 0 amide bonds. The monoisotopic (exact) mass is 209 g/mol. The lowest BCUT2D eigenvalue weighted by Crippen LogP contribution is -2.37. The van der Waals surface area contributed by atoms with E-state index in [0.29, 0.717) is 5.25 Å². The van der Waals surface area contributed by atoms with E-state index in [4.69, 9.17) is 10.5 Å². The molecule has 0 radical (unpaired) electrons. The van der Waals surface area contributed by atoms with Gasteiger partial charge < -0.3 is 10.5 Å². The van der Waals surface area contributed by atoms with Gasteiger partial charge in [0.2, 0.25) is 0 Å². The summed E-state index contributed by atoms with van der Waals surface area (Å²) in [6, 6.07) is 6.55. The molecule has 0 bridgehead atoms. The first-order valence-corrected chi connectivity index (χ1v) is 5.79. The van der Waals surface area contributed by atoms with Crippen molar-refractivity contribution in [1.29, 1.82) is 0 Å². The fraction of sp³-hybridized carbons (Fsp3) is 0.455. The Labute approximate surface area is 88.8 Å². The molecule has 1 aromatic rings. The molecule has 1 fully saturated rings. The molecule has 1 heterocycles. The molecule has 2 rings (SSSR count). The second-order valence-electron chi connectivity index (χ2n) is 3.66. The lowest BCUT2D eigenvalue weighted by molar-refractivity contribution is 0.407. The van der Waals surface area contributed by atoms with Crippen LogP contribution in [0.4, 0.5) is 0 Å². The van der Waals surface area contributed by atoms with Crippen molar-refractivity contribution in [3.05, 3.63) is 29.3 Å². The number of hydrogen-bond acceptors (Lipinski definition) is 3. The van der Waals surface area contributed by atoms with Crippen LogP contribution in [0.3, 0.4) is 0 Å². The fourth-order valence-corrected chi connectivity index (χ4v) is 2.67. The van der Waals surface area contributed by atoms with Crippen LogP contribution >= 0.6 is 11.8 Å². The summed E-state index contributed by atoms with van der Waals surface area (Å²) in [7, 11) is 1.71. The predicted octanol–water partition coefficient (Wildman–Crippen LogP) is 2.12. The van der Waals surface area contributed by atoms with Crippen LogP contribution in [-0.2, 0) is 0 Å². The Hall–Kier alpha value is -0.670. The lowest BCUT2D eigenvalue weighted by atomic mass is 10.0. The van der Waals surface area contributed by atoms with Crippen molar-refractivity contribution in [1.82, 2.24) is 0 Å². The number of methoxy groups -OCH3 is 1. The van der Waals surface area contributed by atoms with Crippen LogP contribution in [0.25, 0.3) is 0 Å². The van der Waals surface area contributed by atoms with E-state index < -0.39 is 0 Å². The highest BCUT2D eigenvalue weighted by atomic mass is 32.2. The molecular formula is C11H15NOS. The van der Waals surface area contributed by atoms with E-state index in [-0.39, 0.29) is 6.04 Å². The average Bonchev–Trinajstić information content (AvgIpc) is 2.16. The fourth-order valence-electron chi connectivity index (χ4n) is 1.70. The minimum atomic E-state index is 0.288. The van der Waals surface area contributed by atoms with Crippen molar-refractivity contribution in [2.24, 2.45) is 5.73 Å². The molecule has 1 aliphatic heterocycles. The molecule has 76 valence electrons. The summed E-state index contributed by atoms with van der Waals surface area (Å²) < 4.78 is 5.34. The van der Waals surface area contributed by atoms with Crippen LogP contribution in [0.2, 0.25) is 0 Å². The van der Waals surface area contributed by atoms with Gasteiger partial charge in [0.05, 0.1) is 7.11 Å². The molecule has 1 saturated heterocycles.